The van der Waals surface area contributed by atoms with Crippen molar-refractivity contribution in [1.29, 1.82) is 0 Å². The lowest BCUT2D eigenvalue weighted by Crippen LogP contribution is -2.17. The first-order valence-corrected chi connectivity index (χ1v) is 5.30. The van der Waals surface area contributed by atoms with E-state index in [2.05, 4.69) is 25.8 Å². The molecule has 0 saturated heterocycles. The maximum atomic E-state index is 5.52. The van der Waals surface area contributed by atoms with Crippen molar-refractivity contribution < 1.29 is 0 Å². The van der Waals surface area contributed by atoms with Gasteiger partial charge in [0.15, 0.2) is 0 Å². The van der Waals surface area contributed by atoms with Gasteiger partial charge in [-0.1, -0.05) is 46.2 Å². The molecule has 0 aliphatic heterocycles. The Bertz CT molecular complexity index is 187. The number of amidine groups is 1. The molecule has 0 aliphatic rings. The lowest BCUT2D eigenvalue weighted by molar-refractivity contribution is 0.737. The van der Waals surface area contributed by atoms with Crippen LogP contribution in [-0.4, -0.2) is 5.84 Å². The average molecular weight is 219 g/mol. The maximum Gasteiger partial charge on any atom is 0.101 e. The van der Waals surface area contributed by atoms with E-state index in [1.807, 2.05) is 13.8 Å². The number of hydrogen-bond acceptors (Lipinski definition) is 1. The number of rotatable bonds is 2. The number of allylic oxidation sites excluding steroid dienone is 1. The van der Waals surface area contributed by atoms with Gasteiger partial charge < -0.3 is 5.73 Å². The molecule has 0 rings (SSSR count). The molecule has 14 heavy (non-hydrogen) atoms. The molecule has 2 nitrogen and oxygen atoms in total. The minimum absolute atomic E-state index is 0.285. The molecular formula is C11H23ClN2. The van der Waals surface area contributed by atoms with Gasteiger partial charge in [0.1, 0.15) is 5.84 Å². The predicted molar refractivity (Wildman–Crippen MR) is 66.6 cm³/mol. The number of nitrogens with zero attached hydrogens (tertiary/aromatic N) is 1. The van der Waals surface area contributed by atoms with Crippen molar-refractivity contribution in [3.05, 3.63) is 11.2 Å². The Kier molecular flexibility index (Phi) is 10.3. The highest BCUT2D eigenvalue weighted by molar-refractivity contribution is 6.29. The van der Waals surface area contributed by atoms with Crippen LogP contribution in [0.25, 0.3) is 0 Å². The van der Waals surface area contributed by atoms with Crippen LogP contribution in [-0.2, 0) is 0 Å². The smallest absolute Gasteiger partial charge is 0.101 e. The third-order valence-corrected chi connectivity index (χ3v) is 1.08. The maximum absolute atomic E-state index is 5.52. The van der Waals surface area contributed by atoms with Crippen LogP contribution in [0, 0.1) is 11.8 Å². The van der Waals surface area contributed by atoms with Gasteiger partial charge in [-0.25, -0.2) is 4.99 Å². The van der Waals surface area contributed by atoms with Crippen LogP contribution in [0.2, 0.25) is 0 Å². The fourth-order valence-electron chi connectivity index (χ4n) is 0.313. The van der Waals surface area contributed by atoms with Crippen LogP contribution in [0.5, 0.6) is 0 Å². The number of aliphatic imine (C=N–C) groups is 1. The predicted octanol–water partition coefficient (Wildman–Crippen LogP) is 3.76. The summed E-state index contributed by atoms with van der Waals surface area (Å²) in [5, 5.41) is 0.642. The molecule has 84 valence electrons. The summed E-state index contributed by atoms with van der Waals surface area (Å²) in [5.74, 6) is 1.73. The van der Waals surface area contributed by atoms with E-state index in [1.165, 1.54) is 0 Å². The summed E-state index contributed by atoms with van der Waals surface area (Å²) in [4.78, 5) is 3.92. The summed E-state index contributed by atoms with van der Waals surface area (Å²) in [6, 6.07) is 0. The second-order valence-corrected chi connectivity index (χ2v) is 4.75. The Morgan fingerprint density at radius 3 is 1.79 bits per heavy atom. The van der Waals surface area contributed by atoms with Crippen LogP contribution in [0.4, 0.5) is 0 Å². The minimum atomic E-state index is 0.285. The fourth-order valence-corrected chi connectivity index (χ4v) is 0.361. The molecular weight excluding hydrogens is 196 g/mol. The summed E-state index contributed by atoms with van der Waals surface area (Å²) in [5.41, 5.74) is 5.51. The van der Waals surface area contributed by atoms with E-state index in [4.69, 9.17) is 17.3 Å². The van der Waals surface area contributed by atoms with Gasteiger partial charge in [-0.05, 0) is 12.8 Å². The van der Waals surface area contributed by atoms with E-state index in [1.54, 1.807) is 13.1 Å². The Hall–Kier alpha value is -0.500. The van der Waals surface area contributed by atoms with Gasteiger partial charge in [-0.3, -0.25) is 0 Å². The fraction of sp³-hybridized carbons (Fsp3) is 0.727. The molecule has 3 heteroatoms. The minimum Gasteiger partial charge on any atom is -0.387 e. The topological polar surface area (TPSA) is 38.4 Å². The first-order chi connectivity index (χ1) is 6.27. The third-order valence-electron chi connectivity index (χ3n) is 0.983. The van der Waals surface area contributed by atoms with Crippen molar-refractivity contribution in [3.8, 4) is 0 Å². The quantitative estimate of drug-likeness (QED) is 0.556. The zero-order valence-corrected chi connectivity index (χ0v) is 10.9. The second kappa shape index (κ2) is 9.07. The molecule has 0 heterocycles. The summed E-state index contributed by atoms with van der Waals surface area (Å²) in [7, 11) is 0. The van der Waals surface area contributed by atoms with Crippen molar-refractivity contribution in [2.45, 2.75) is 41.5 Å². The van der Waals surface area contributed by atoms with Crippen molar-refractivity contribution in [1.82, 2.24) is 0 Å². The molecule has 0 atom stereocenters. The van der Waals surface area contributed by atoms with Gasteiger partial charge in [0, 0.05) is 17.2 Å². The molecule has 0 fully saturated rings. The summed E-state index contributed by atoms with van der Waals surface area (Å²) >= 11 is 5.52. The van der Waals surface area contributed by atoms with E-state index in [9.17, 15) is 0 Å². The van der Waals surface area contributed by atoms with E-state index >= 15 is 0 Å². The van der Waals surface area contributed by atoms with Crippen LogP contribution < -0.4 is 5.73 Å². The number of hydrogen-bond donors (Lipinski definition) is 1. The van der Waals surface area contributed by atoms with Gasteiger partial charge in [0.25, 0.3) is 0 Å². The number of halogens is 1. The first-order valence-electron chi connectivity index (χ1n) is 4.92. The monoisotopic (exact) mass is 218 g/mol. The lowest BCUT2D eigenvalue weighted by atomic mass is 10.2. The molecule has 0 unspecified atom stereocenters. The molecule has 0 bridgehead atoms. The highest BCUT2D eigenvalue weighted by Crippen LogP contribution is 1.99. The summed E-state index contributed by atoms with van der Waals surface area (Å²) < 4.78 is 0. The summed E-state index contributed by atoms with van der Waals surface area (Å²) in [6.07, 6.45) is 1.55. The van der Waals surface area contributed by atoms with E-state index in [0.717, 1.165) is 5.92 Å². The van der Waals surface area contributed by atoms with Gasteiger partial charge in [-0.2, -0.15) is 0 Å². The van der Waals surface area contributed by atoms with Gasteiger partial charge in [-0.15, -0.1) is 0 Å². The lowest BCUT2D eigenvalue weighted by Gasteiger charge is -2.00. The van der Waals surface area contributed by atoms with Crippen molar-refractivity contribution >= 4 is 17.4 Å². The molecule has 0 spiro atoms. The molecule has 2 N–H and O–H groups in total. The Morgan fingerprint density at radius 2 is 1.57 bits per heavy atom. The molecule has 0 saturated carbocycles. The number of nitrogens with two attached hydrogens (primary N) is 1. The van der Waals surface area contributed by atoms with E-state index in [0.29, 0.717) is 10.9 Å². The highest BCUT2D eigenvalue weighted by Gasteiger charge is 1.95. The molecule has 0 aromatic rings. The highest BCUT2D eigenvalue weighted by atomic mass is 35.5. The van der Waals surface area contributed by atoms with Crippen LogP contribution >= 0.6 is 11.6 Å². The van der Waals surface area contributed by atoms with Crippen molar-refractivity contribution in [2.24, 2.45) is 22.6 Å². The molecule has 0 aliphatic carbocycles. The molecule has 0 radical (unpaired) electrons. The van der Waals surface area contributed by atoms with Crippen molar-refractivity contribution in [2.75, 3.05) is 0 Å². The van der Waals surface area contributed by atoms with Gasteiger partial charge in [0.2, 0.25) is 0 Å². The van der Waals surface area contributed by atoms with E-state index < -0.39 is 0 Å². The largest absolute Gasteiger partial charge is 0.387 e. The molecule has 0 aromatic carbocycles. The SMILES string of the molecule is C/C(Cl)=C\N=C(N)C(C)C.CC(C)C. The van der Waals surface area contributed by atoms with Crippen LogP contribution in [0.3, 0.4) is 0 Å². The van der Waals surface area contributed by atoms with Crippen LogP contribution in [0.15, 0.2) is 16.2 Å². The normalized spacial score (nSPS) is 12.9. The third kappa shape index (κ3) is 17.5. The van der Waals surface area contributed by atoms with Gasteiger partial charge in [0.05, 0.1) is 0 Å². The average Bonchev–Trinajstić information content (AvgIpc) is 1.98. The zero-order chi connectivity index (χ0) is 11.7. The second-order valence-electron chi connectivity index (χ2n) is 4.16. The van der Waals surface area contributed by atoms with Crippen LogP contribution in [0.1, 0.15) is 41.5 Å². The Morgan fingerprint density at radius 1 is 1.21 bits per heavy atom. The standard InChI is InChI=1S/C7H13ClN2.C4H10/c1-5(2)7(9)10-4-6(3)8;1-4(2)3/h4-5H,1-3H3,(H2,9,10);4H,1-3H3/b6-4+;. The zero-order valence-electron chi connectivity index (χ0n) is 10.1. The van der Waals surface area contributed by atoms with E-state index in [-0.39, 0.29) is 5.92 Å². The first kappa shape index (κ1) is 15.9. The van der Waals surface area contributed by atoms with Gasteiger partial charge >= 0.3 is 0 Å². The Balaban J connectivity index is 0. The molecule has 0 aromatic heterocycles. The van der Waals surface area contributed by atoms with Crippen molar-refractivity contribution in [3.63, 3.8) is 0 Å². The molecule has 0 amide bonds. The Labute approximate surface area is 93.2 Å². The summed E-state index contributed by atoms with van der Waals surface area (Å²) in [6.45, 7) is 12.2.